The first-order valence-electron chi connectivity index (χ1n) is 6.45. The fourth-order valence-corrected chi connectivity index (χ4v) is 2.75. The number of methoxy groups -OCH3 is 1. The molecule has 1 aliphatic rings. The van der Waals surface area contributed by atoms with E-state index in [4.69, 9.17) is 4.74 Å². The third-order valence-electron chi connectivity index (χ3n) is 4.28. The second kappa shape index (κ2) is 5.10. The Kier molecular flexibility index (Phi) is 3.83. The van der Waals surface area contributed by atoms with E-state index < -0.39 is 46.8 Å². The maximum atomic E-state index is 13.7. The highest BCUT2D eigenvalue weighted by Gasteiger charge is 2.63. The number of benzene rings is 1. The molecule has 0 radical (unpaired) electrons. The Bertz CT molecular complexity index is 616. The molecule has 2 rings (SSSR count). The molecule has 0 spiro atoms. The van der Waals surface area contributed by atoms with Gasteiger partial charge >= 0.3 is 6.18 Å². The summed E-state index contributed by atoms with van der Waals surface area (Å²) >= 11 is 0. The zero-order valence-electron chi connectivity index (χ0n) is 12.0. The molecule has 1 aliphatic heterocycles. The summed E-state index contributed by atoms with van der Waals surface area (Å²) in [4.78, 5) is 12.0. The Balaban J connectivity index is 2.55. The van der Waals surface area contributed by atoms with Crippen molar-refractivity contribution < 1.29 is 31.5 Å². The molecule has 8 heteroatoms. The molecule has 0 bridgehead atoms. The summed E-state index contributed by atoms with van der Waals surface area (Å²) in [5, 5.41) is 1.92. The first kappa shape index (κ1) is 16.5. The Morgan fingerprint density at radius 1 is 1.27 bits per heavy atom. The minimum atomic E-state index is -4.68. The molecule has 0 aromatic heterocycles. The van der Waals surface area contributed by atoms with E-state index >= 15 is 0 Å². The summed E-state index contributed by atoms with van der Waals surface area (Å²) < 4.78 is 71.3. The lowest BCUT2D eigenvalue weighted by molar-refractivity contribution is -0.198. The van der Waals surface area contributed by atoms with Gasteiger partial charge in [-0.2, -0.15) is 17.6 Å². The van der Waals surface area contributed by atoms with Crippen LogP contribution in [0.5, 0.6) is 5.75 Å². The summed E-state index contributed by atoms with van der Waals surface area (Å²) in [6, 6.07) is 1.83. The largest absolute Gasteiger partial charge is 0.493 e. The minimum Gasteiger partial charge on any atom is -0.493 e. The lowest BCUT2D eigenvalue weighted by atomic mass is 9.78. The molecule has 0 saturated carbocycles. The van der Waals surface area contributed by atoms with E-state index in [1.165, 1.54) is 6.92 Å². The number of hydrogen-bond donors (Lipinski definition) is 1. The Labute approximate surface area is 123 Å². The third kappa shape index (κ3) is 2.21. The van der Waals surface area contributed by atoms with Crippen molar-refractivity contribution in [1.29, 1.82) is 0 Å². The molecule has 3 atom stereocenters. The molecule has 1 fully saturated rings. The molecule has 1 amide bonds. The van der Waals surface area contributed by atoms with Gasteiger partial charge in [0.05, 0.1) is 13.0 Å². The van der Waals surface area contributed by atoms with E-state index in [1.54, 1.807) is 0 Å². The molecule has 0 aliphatic carbocycles. The first-order chi connectivity index (χ1) is 10.0. The van der Waals surface area contributed by atoms with Crippen molar-refractivity contribution in [3.8, 4) is 5.75 Å². The van der Waals surface area contributed by atoms with Crippen molar-refractivity contribution >= 4 is 5.91 Å². The summed E-state index contributed by atoms with van der Waals surface area (Å²) in [6.07, 6.45) is -4.68. The van der Waals surface area contributed by atoms with Crippen LogP contribution >= 0.6 is 0 Å². The van der Waals surface area contributed by atoms with Crippen LogP contribution in [0.4, 0.5) is 22.0 Å². The SMILES string of the molecule is COc1c(C2C(=O)NC(C)(C(F)(F)F)C2C)ccc(F)c1F. The van der Waals surface area contributed by atoms with Crippen molar-refractivity contribution in [2.45, 2.75) is 31.5 Å². The molecular weight excluding hydrogens is 309 g/mol. The van der Waals surface area contributed by atoms with Crippen LogP contribution in [0.3, 0.4) is 0 Å². The monoisotopic (exact) mass is 323 g/mol. The molecule has 1 aromatic rings. The smallest absolute Gasteiger partial charge is 0.411 e. The topological polar surface area (TPSA) is 38.3 Å². The molecular formula is C14H14F5NO2. The lowest BCUT2D eigenvalue weighted by Crippen LogP contribution is -2.54. The Morgan fingerprint density at radius 2 is 1.86 bits per heavy atom. The van der Waals surface area contributed by atoms with Gasteiger partial charge in [-0.15, -0.1) is 0 Å². The second-order valence-corrected chi connectivity index (χ2v) is 5.44. The van der Waals surface area contributed by atoms with E-state index in [9.17, 15) is 26.7 Å². The number of hydrogen-bond acceptors (Lipinski definition) is 2. The quantitative estimate of drug-likeness (QED) is 0.849. The number of alkyl halides is 3. The van der Waals surface area contributed by atoms with Crippen molar-refractivity contribution in [2.24, 2.45) is 5.92 Å². The summed E-state index contributed by atoms with van der Waals surface area (Å²) in [5.74, 6) is -6.52. The van der Waals surface area contributed by atoms with Crippen LogP contribution in [-0.2, 0) is 4.79 Å². The number of halogens is 5. The van der Waals surface area contributed by atoms with Gasteiger partial charge in [0.25, 0.3) is 0 Å². The summed E-state index contributed by atoms with van der Waals surface area (Å²) in [5.41, 5.74) is -2.57. The highest BCUT2D eigenvalue weighted by molar-refractivity contribution is 5.88. The zero-order chi connectivity index (χ0) is 16.9. The van der Waals surface area contributed by atoms with Gasteiger partial charge in [0.2, 0.25) is 11.7 Å². The van der Waals surface area contributed by atoms with Crippen LogP contribution in [0.15, 0.2) is 12.1 Å². The molecule has 1 aromatic carbocycles. The lowest BCUT2D eigenvalue weighted by Gasteiger charge is -2.32. The standard InChI is InChI=1S/C14H14F5NO2/c1-6-9(12(21)20-13(6,2)14(17,18)19)7-4-5-8(15)10(16)11(7)22-3/h4-6,9H,1-3H3,(H,20,21). The highest BCUT2D eigenvalue weighted by atomic mass is 19.4. The van der Waals surface area contributed by atoms with Gasteiger partial charge in [0, 0.05) is 11.5 Å². The molecule has 3 unspecified atom stereocenters. The predicted molar refractivity (Wildman–Crippen MR) is 67.4 cm³/mol. The number of ether oxygens (including phenoxy) is 1. The van der Waals surface area contributed by atoms with E-state index in [0.29, 0.717) is 0 Å². The molecule has 1 heterocycles. The fourth-order valence-electron chi connectivity index (χ4n) is 2.75. The molecule has 122 valence electrons. The number of rotatable bonds is 2. The van der Waals surface area contributed by atoms with Gasteiger partial charge in [-0.3, -0.25) is 4.79 Å². The van der Waals surface area contributed by atoms with Gasteiger partial charge in [0.1, 0.15) is 5.54 Å². The summed E-state index contributed by atoms with van der Waals surface area (Å²) in [6.45, 7) is 2.10. The number of carbonyl (C=O) groups excluding carboxylic acids is 1. The van der Waals surface area contributed by atoms with E-state index in [2.05, 4.69) is 0 Å². The van der Waals surface area contributed by atoms with Gasteiger partial charge in [0.15, 0.2) is 11.6 Å². The minimum absolute atomic E-state index is 0.112. The average molecular weight is 323 g/mol. The highest BCUT2D eigenvalue weighted by Crippen LogP contribution is 2.49. The predicted octanol–water partition coefficient (Wildman–Crippen LogP) is 3.14. The van der Waals surface area contributed by atoms with Crippen molar-refractivity contribution in [3.63, 3.8) is 0 Å². The third-order valence-corrected chi connectivity index (χ3v) is 4.28. The normalized spacial score (nSPS) is 28.6. The Morgan fingerprint density at radius 3 is 2.32 bits per heavy atom. The van der Waals surface area contributed by atoms with Gasteiger partial charge < -0.3 is 10.1 Å². The van der Waals surface area contributed by atoms with Crippen molar-refractivity contribution in [1.82, 2.24) is 5.32 Å². The van der Waals surface area contributed by atoms with Crippen LogP contribution < -0.4 is 10.1 Å². The maximum Gasteiger partial charge on any atom is 0.411 e. The maximum absolute atomic E-state index is 13.7. The number of carbonyl (C=O) groups is 1. The molecule has 3 nitrogen and oxygen atoms in total. The number of nitrogens with one attached hydrogen (secondary N) is 1. The van der Waals surface area contributed by atoms with Gasteiger partial charge in [-0.05, 0) is 13.0 Å². The van der Waals surface area contributed by atoms with Crippen molar-refractivity contribution in [3.05, 3.63) is 29.3 Å². The fraction of sp³-hybridized carbons (Fsp3) is 0.500. The molecule has 1 saturated heterocycles. The number of amides is 1. The van der Waals surface area contributed by atoms with Crippen LogP contribution in [-0.4, -0.2) is 24.7 Å². The van der Waals surface area contributed by atoms with Crippen LogP contribution in [0.2, 0.25) is 0 Å². The second-order valence-electron chi connectivity index (χ2n) is 5.44. The zero-order valence-corrected chi connectivity index (χ0v) is 12.0. The van der Waals surface area contributed by atoms with Crippen molar-refractivity contribution in [2.75, 3.05) is 7.11 Å². The van der Waals surface area contributed by atoms with E-state index in [-0.39, 0.29) is 5.56 Å². The average Bonchev–Trinajstić information content (AvgIpc) is 2.64. The van der Waals surface area contributed by atoms with Crippen LogP contribution in [0.25, 0.3) is 0 Å². The molecule has 1 N–H and O–H groups in total. The van der Waals surface area contributed by atoms with Gasteiger partial charge in [-0.1, -0.05) is 13.0 Å². The molecule has 22 heavy (non-hydrogen) atoms. The first-order valence-corrected chi connectivity index (χ1v) is 6.45. The van der Waals surface area contributed by atoms with E-state index in [1.807, 2.05) is 5.32 Å². The Hall–Kier alpha value is -1.86. The summed E-state index contributed by atoms with van der Waals surface area (Å²) in [7, 11) is 1.06. The van der Waals surface area contributed by atoms with Crippen LogP contribution in [0, 0.1) is 17.6 Å². The van der Waals surface area contributed by atoms with Crippen LogP contribution in [0.1, 0.15) is 25.3 Å². The van der Waals surface area contributed by atoms with Gasteiger partial charge in [-0.25, -0.2) is 4.39 Å². The van der Waals surface area contributed by atoms with E-state index in [0.717, 1.165) is 26.2 Å².